The lowest BCUT2D eigenvalue weighted by atomic mass is 10.0. The van der Waals surface area contributed by atoms with Gasteiger partial charge in [0.05, 0.1) is 24.5 Å². The van der Waals surface area contributed by atoms with Crippen molar-refractivity contribution in [1.29, 1.82) is 0 Å². The first-order valence-corrected chi connectivity index (χ1v) is 9.23. The molecule has 3 rings (SSSR count). The average molecular weight is 369 g/mol. The van der Waals surface area contributed by atoms with Crippen LogP contribution in [0.1, 0.15) is 24.0 Å². The van der Waals surface area contributed by atoms with E-state index in [0.717, 1.165) is 35.3 Å². The van der Waals surface area contributed by atoms with Gasteiger partial charge in [-0.1, -0.05) is 12.1 Å². The van der Waals surface area contributed by atoms with Crippen LogP contribution in [0.5, 0.6) is 0 Å². The number of hydrogen-bond donors (Lipinski definition) is 1. The van der Waals surface area contributed by atoms with Crippen LogP contribution in [0.15, 0.2) is 30.6 Å². The highest BCUT2D eigenvalue weighted by atomic mass is 16.2. The molecule has 144 valence electrons. The number of anilines is 2. The largest absolute Gasteiger partial charge is 0.325 e. The maximum atomic E-state index is 12.9. The van der Waals surface area contributed by atoms with Gasteiger partial charge in [-0.15, -0.1) is 0 Å². The first kappa shape index (κ1) is 19.1. The van der Waals surface area contributed by atoms with Crippen LogP contribution in [0.3, 0.4) is 0 Å². The topological polar surface area (TPSA) is 70.5 Å². The molecule has 0 aliphatic carbocycles. The number of carbonyl (C=O) groups is 2. The zero-order valence-corrected chi connectivity index (χ0v) is 16.4. The molecule has 1 aliphatic rings. The van der Waals surface area contributed by atoms with Crippen LogP contribution in [0.2, 0.25) is 0 Å². The lowest BCUT2D eigenvalue weighted by Crippen LogP contribution is -2.52. The van der Waals surface area contributed by atoms with Gasteiger partial charge in [-0.2, -0.15) is 5.10 Å². The summed E-state index contributed by atoms with van der Waals surface area (Å²) in [6.45, 7) is 4.87. The Bertz CT molecular complexity index is 845. The summed E-state index contributed by atoms with van der Waals surface area (Å²) in [6, 6.07) is 5.54. The molecular formula is C20H27N5O2. The standard InChI is InChI=1S/C20H27N5O2/c1-14-7-5-8-17(15(14)2)22-19(26)13-23(3)18-9-6-10-25(20(18)27)16-11-21-24(4)12-16/h5,7-8,11-12,18H,6,9-10,13H2,1-4H3,(H,22,26). The summed E-state index contributed by atoms with van der Waals surface area (Å²) in [7, 11) is 3.66. The van der Waals surface area contributed by atoms with E-state index in [1.807, 2.05) is 57.2 Å². The van der Waals surface area contributed by atoms with Crippen LogP contribution in [0.4, 0.5) is 11.4 Å². The second kappa shape index (κ2) is 7.92. The minimum atomic E-state index is -0.302. The van der Waals surface area contributed by atoms with Crippen LogP contribution in [-0.4, -0.2) is 52.7 Å². The number of piperidine rings is 1. The lowest BCUT2D eigenvalue weighted by molar-refractivity contribution is -0.126. The highest BCUT2D eigenvalue weighted by Gasteiger charge is 2.33. The van der Waals surface area contributed by atoms with Gasteiger partial charge in [0.2, 0.25) is 11.8 Å². The fourth-order valence-corrected chi connectivity index (χ4v) is 3.48. The van der Waals surface area contributed by atoms with Crippen molar-refractivity contribution in [3.8, 4) is 0 Å². The maximum Gasteiger partial charge on any atom is 0.244 e. The number of hydrogen-bond acceptors (Lipinski definition) is 4. The maximum absolute atomic E-state index is 12.9. The number of nitrogens with one attached hydrogen (secondary N) is 1. The van der Waals surface area contributed by atoms with Crippen molar-refractivity contribution in [2.45, 2.75) is 32.7 Å². The Morgan fingerprint density at radius 1 is 1.37 bits per heavy atom. The minimum Gasteiger partial charge on any atom is -0.325 e. The van der Waals surface area contributed by atoms with Gasteiger partial charge in [0.25, 0.3) is 0 Å². The molecule has 0 saturated carbocycles. The van der Waals surface area contributed by atoms with E-state index in [-0.39, 0.29) is 24.4 Å². The number of aromatic nitrogens is 2. The van der Waals surface area contributed by atoms with Crippen molar-refractivity contribution >= 4 is 23.2 Å². The highest BCUT2D eigenvalue weighted by Crippen LogP contribution is 2.23. The molecule has 0 bridgehead atoms. The molecule has 1 saturated heterocycles. The third kappa shape index (κ3) is 4.19. The summed E-state index contributed by atoms with van der Waals surface area (Å²) in [5, 5.41) is 7.12. The molecule has 27 heavy (non-hydrogen) atoms. The highest BCUT2D eigenvalue weighted by molar-refractivity contribution is 5.98. The van der Waals surface area contributed by atoms with E-state index in [1.54, 1.807) is 15.8 Å². The Hall–Kier alpha value is -2.67. The van der Waals surface area contributed by atoms with Crippen molar-refractivity contribution in [2.75, 3.05) is 30.4 Å². The molecule has 7 nitrogen and oxygen atoms in total. The summed E-state index contributed by atoms with van der Waals surface area (Å²) < 4.78 is 1.69. The van der Waals surface area contributed by atoms with Crippen molar-refractivity contribution < 1.29 is 9.59 Å². The first-order valence-electron chi connectivity index (χ1n) is 9.23. The van der Waals surface area contributed by atoms with Crippen molar-refractivity contribution in [2.24, 2.45) is 7.05 Å². The predicted molar refractivity (Wildman–Crippen MR) is 106 cm³/mol. The van der Waals surface area contributed by atoms with E-state index >= 15 is 0 Å². The van der Waals surface area contributed by atoms with Gasteiger partial charge in [-0.25, -0.2) is 0 Å². The number of carbonyl (C=O) groups excluding carboxylic acids is 2. The normalized spacial score (nSPS) is 17.4. The van der Waals surface area contributed by atoms with Crippen molar-refractivity contribution in [3.05, 3.63) is 41.7 Å². The Kier molecular flexibility index (Phi) is 5.60. The number of aryl methyl sites for hydroxylation is 2. The molecule has 1 atom stereocenters. The summed E-state index contributed by atoms with van der Waals surface area (Å²) in [5.41, 5.74) is 3.82. The van der Waals surface area contributed by atoms with Gasteiger partial charge in [0, 0.05) is 25.5 Å². The second-order valence-electron chi connectivity index (χ2n) is 7.23. The van der Waals surface area contributed by atoms with E-state index in [4.69, 9.17) is 0 Å². The summed E-state index contributed by atoms with van der Waals surface area (Å²) in [6.07, 6.45) is 5.19. The van der Waals surface area contributed by atoms with Crippen LogP contribution < -0.4 is 10.2 Å². The molecule has 1 unspecified atom stereocenters. The summed E-state index contributed by atoms with van der Waals surface area (Å²) >= 11 is 0. The number of likely N-dealkylation sites (N-methyl/N-ethyl adjacent to an activating group) is 1. The SMILES string of the molecule is Cc1cccc(NC(=O)CN(C)C2CCCN(c3cnn(C)c3)C2=O)c1C. The Labute approximate surface area is 159 Å². The van der Waals surface area contributed by atoms with Crippen LogP contribution in [0.25, 0.3) is 0 Å². The second-order valence-corrected chi connectivity index (χ2v) is 7.23. The van der Waals surface area contributed by atoms with Gasteiger partial charge in [-0.05, 0) is 50.9 Å². The van der Waals surface area contributed by atoms with Gasteiger partial charge in [0.1, 0.15) is 0 Å². The van der Waals surface area contributed by atoms with Gasteiger partial charge in [-0.3, -0.25) is 19.2 Å². The van der Waals surface area contributed by atoms with Crippen LogP contribution in [0, 0.1) is 13.8 Å². The van der Waals surface area contributed by atoms with Crippen LogP contribution >= 0.6 is 0 Å². The first-order chi connectivity index (χ1) is 12.9. The van der Waals surface area contributed by atoms with E-state index in [0.29, 0.717) is 6.54 Å². The predicted octanol–water partition coefficient (Wildman–Crippen LogP) is 2.10. The Morgan fingerprint density at radius 3 is 2.85 bits per heavy atom. The summed E-state index contributed by atoms with van der Waals surface area (Å²) in [4.78, 5) is 29.0. The fraction of sp³-hybridized carbons (Fsp3) is 0.450. The Balaban J connectivity index is 1.64. The molecular weight excluding hydrogens is 342 g/mol. The summed E-state index contributed by atoms with van der Waals surface area (Å²) in [5.74, 6) is -0.0891. The monoisotopic (exact) mass is 369 g/mol. The van der Waals surface area contributed by atoms with Gasteiger partial charge < -0.3 is 10.2 Å². The number of benzene rings is 1. The quantitative estimate of drug-likeness (QED) is 0.876. The fourth-order valence-electron chi connectivity index (χ4n) is 3.48. The van der Waals surface area contributed by atoms with E-state index in [9.17, 15) is 9.59 Å². The molecule has 0 radical (unpaired) electrons. The molecule has 1 aromatic heterocycles. The Morgan fingerprint density at radius 2 is 2.15 bits per heavy atom. The molecule has 0 spiro atoms. The molecule has 1 aromatic carbocycles. The van der Waals surface area contributed by atoms with Crippen molar-refractivity contribution in [1.82, 2.24) is 14.7 Å². The number of amides is 2. The van der Waals surface area contributed by atoms with Gasteiger partial charge >= 0.3 is 0 Å². The van der Waals surface area contributed by atoms with E-state index < -0.39 is 0 Å². The smallest absolute Gasteiger partial charge is 0.244 e. The molecule has 2 aromatic rings. The zero-order chi connectivity index (χ0) is 19.6. The van der Waals surface area contributed by atoms with E-state index in [2.05, 4.69) is 10.4 Å². The number of nitrogens with zero attached hydrogens (tertiary/aromatic N) is 4. The molecule has 1 aliphatic heterocycles. The molecule has 1 N–H and O–H groups in total. The zero-order valence-electron chi connectivity index (χ0n) is 16.4. The van der Waals surface area contributed by atoms with Crippen LogP contribution in [-0.2, 0) is 16.6 Å². The molecule has 7 heteroatoms. The average Bonchev–Trinajstić information content (AvgIpc) is 3.05. The number of rotatable bonds is 5. The molecule has 1 fully saturated rings. The minimum absolute atomic E-state index is 0.0243. The molecule has 2 amide bonds. The lowest BCUT2D eigenvalue weighted by Gasteiger charge is -2.35. The van der Waals surface area contributed by atoms with Gasteiger partial charge in [0.15, 0.2) is 0 Å². The van der Waals surface area contributed by atoms with Crippen molar-refractivity contribution in [3.63, 3.8) is 0 Å². The third-order valence-electron chi connectivity index (χ3n) is 5.22. The third-order valence-corrected chi connectivity index (χ3v) is 5.22. The van der Waals surface area contributed by atoms with E-state index in [1.165, 1.54) is 0 Å². The molecule has 2 heterocycles.